The Morgan fingerprint density at radius 2 is 2.16 bits per heavy atom. The van der Waals surface area contributed by atoms with Gasteiger partial charge in [0.2, 0.25) is 5.95 Å². The molecule has 1 aliphatic rings. The fourth-order valence-electron chi connectivity index (χ4n) is 2.99. The molecular formula is C18H19FN4O2. The van der Waals surface area contributed by atoms with E-state index in [2.05, 4.69) is 15.5 Å². The molecule has 1 aliphatic carbocycles. The third-order valence-electron chi connectivity index (χ3n) is 4.40. The van der Waals surface area contributed by atoms with Crippen molar-refractivity contribution in [1.82, 2.24) is 14.6 Å². The zero-order valence-electron chi connectivity index (χ0n) is 13.8. The number of halogens is 1. The predicted molar refractivity (Wildman–Crippen MR) is 92.2 cm³/mol. The molecule has 0 unspecified atom stereocenters. The van der Waals surface area contributed by atoms with Crippen LogP contribution >= 0.6 is 0 Å². The number of anilines is 1. The van der Waals surface area contributed by atoms with Gasteiger partial charge >= 0.3 is 0 Å². The first-order valence-electron chi connectivity index (χ1n) is 8.33. The van der Waals surface area contributed by atoms with Gasteiger partial charge in [-0.25, -0.2) is 4.39 Å². The van der Waals surface area contributed by atoms with Crippen molar-refractivity contribution in [2.45, 2.75) is 31.8 Å². The second-order valence-corrected chi connectivity index (χ2v) is 6.54. The number of aromatic hydroxyl groups is 1. The molecule has 0 bridgehead atoms. The average Bonchev–Trinajstić information content (AvgIpc) is 3.30. The Labute approximate surface area is 144 Å². The summed E-state index contributed by atoms with van der Waals surface area (Å²) in [7, 11) is 0. The standard InChI is InChI=1S/C18H19FN4O2/c1-10(24)9-20-18-22-21-17(14-3-2-6-23(14)18)16-13(19)7-12(8-15(16)25)11-4-5-11/h2-3,6-8,10-11,24-25H,4-5,9H2,1H3,(H,20,22)/t10-/m0/s1. The van der Waals surface area contributed by atoms with Crippen LogP contribution in [0.2, 0.25) is 0 Å². The molecule has 3 N–H and O–H groups in total. The fraction of sp³-hybridized carbons (Fsp3) is 0.333. The zero-order valence-corrected chi connectivity index (χ0v) is 13.8. The van der Waals surface area contributed by atoms with Gasteiger partial charge in [-0.1, -0.05) is 0 Å². The van der Waals surface area contributed by atoms with E-state index in [1.165, 1.54) is 6.07 Å². The number of rotatable bonds is 5. The normalized spacial score (nSPS) is 15.5. The maximum atomic E-state index is 14.7. The Hall–Kier alpha value is -2.67. The SMILES string of the molecule is C[C@H](O)CNc1nnc(-c2c(O)cc(C3CC3)cc2F)c2cccn12. The van der Waals surface area contributed by atoms with Crippen LogP contribution in [0.3, 0.4) is 0 Å². The number of phenolic OH excluding ortho intramolecular Hbond substituents is 1. The highest BCUT2D eigenvalue weighted by atomic mass is 19.1. The number of aliphatic hydroxyl groups excluding tert-OH is 1. The molecule has 0 saturated heterocycles. The molecule has 1 saturated carbocycles. The van der Waals surface area contributed by atoms with Crippen LogP contribution in [0.1, 0.15) is 31.2 Å². The molecule has 6 nitrogen and oxygen atoms in total. The summed E-state index contributed by atoms with van der Waals surface area (Å²) in [4.78, 5) is 0. The van der Waals surface area contributed by atoms with Crippen molar-refractivity contribution >= 4 is 11.5 Å². The summed E-state index contributed by atoms with van der Waals surface area (Å²) < 4.78 is 16.4. The highest BCUT2D eigenvalue weighted by Crippen LogP contribution is 2.44. The van der Waals surface area contributed by atoms with Crippen molar-refractivity contribution < 1.29 is 14.6 Å². The summed E-state index contributed by atoms with van der Waals surface area (Å²) in [6.45, 7) is 1.98. The summed E-state index contributed by atoms with van der Waals surface area (Å²) in [6.07, 6.45) is 3.30. The first-order chi connectivity index (χ1) is 12.0. The number of hydrogen-bond donors (Lipinski definition) is 3. The van der Waals surface area contributed by atoms with E-state index in [4.69, 9.17) is 0 Å². The predicted octanol–water partition coefficient (Wildman–Crippen LogP) is 2.91. The van der Waals surface area contributed by atoms with Crippen LogP contribution in [0.25, 0.3) is 16.8 Å². The largest absolute Gasteiger partial charge is 0.507 e. The van der Waals surface area contributed by atoms with Gasteiger partial charge in [0.25, 0.3) is 0 Å². The number of aromatic nitrogens is 3. The number of nitrogens with zero attached hydrogens (tertiary/aromatic N) is 3. The Balaban J connectivity index is 1.80. The average molecular weight is 342 g/mol. The molecular weight excluding hydrogens is 323 g/mol. The van der Waals surface area contributed by atoms with Crippen molar-refractivity contribution in [3.8, 4) is 17.0 Å². The van der Waals surface area contributed by atoms with Crippen LogP contribution in [-0.4, -0.2) is 37.5 Å². The number of nitrogens with one attached hydrogen (secondary N) is 1. The Kier molecular flexibility index (Phi) is 3.80. The van der Waals surface area contributed by atoms with Gasteiger partial charge in [-0.3, -0.25) is 4.40 Å². The fourth-order valence-corrected chi connectivity index (χ4v) is 2.99. The van der Waals surface area contributed by atoms with Crippen molar-refractivity contribution in [3.05, 3.63) is 41.8 Å². The molecule has 0 amide bonds. The highest BCUT2D eigenvalue weighted by molar-refractivity contribution is 5.81. The number of fused-ring (bicyclic) bond motifs is 1. The molecule has 0 radical (unpaired) electrons. The van der Waals surface area contributed by atoms with Crippen LogP contribution < -0.4 is 5.32 Å². The van der Waals surface area contributed by atoms with Gasteiger partial charge < -0.3 is 15.5 Å². The summed E-state index contributed by atoms with van der Waals surface area (Å²) in [5, 5.41) is 31.0. The molecule has 1 fully saturated rings. The summed E-state index contributed by atoms with van der Waals surface area (Å²) in [5.41, 5.74) is 1.79. The van der Waals surface area contributed by atoms with Crippen molar-refractivity contribution in [2.75, 3.05) is 11.9 Å². The number of benzene rings is 1. The summed E-state index contributed by atoms with van der Waals surface area (Å²) in [6, 6.07) is 6.68. The number of phenols is 1. The van der Waals surface area contributed by atoms with Gasteiger partial charge in [-0.15, -0.1) is 10.2 Å². The number of hydrogen-bond acceptors (Lipinski definition) is 5. The molecule has 4 rings (SSSR count). The number of aliphatic hydroxyl groups is 1. The van der Waals surface area contributed by atoms with Gasteiger partial charge in [0.05, 0.1) is 17.2 Å². The van der Waals surface area contributed by atoms with Crippen molar-refractivity contribution in [1.29, 1.82) is 0 Å². The van der Waals surface area contributed by atoms with Crippen LogP contribution in [0, 0.1) is 5.82 Å². The lowest BCUT2D eigenvalue weighted by Crippen LogP contribution is -2.18. The molecule has 2 aromatic heterocycles. The Morgan fingerprint density at radius 1 is 1.36 bits per heavy atom. The Morgan fingerprint density at radius 3 is 2.84 bits per heavy atom. The molecule has 3 aromatic rings. The maximum absolute atomic E-state index is 14.7. The van der Waals surface area contributed by atoms with Crippen LogP contribution in [0.15, 0.2) is 30.5 Å². The topological polar surface area (TPSA) is 82.7 Å². The molecule has 0 aliphatic heterocycles. The first-order valence-corrected chi connectivity index (χ1v) is 8.33. The van der Waals surface area contributed by atoms with E-state index < -0.39 is 11.9 Å². The third kappa shape index (κ3) is 2.91. The monoisotopic (exact) mass is 342 g/mol. The second-order valence-electron chi connectivity index (χ2n) is 6.54. The molecule has 0 spiro atoms. The minimum atomic E-state index is -0.538. The minimum absolute atomic E-state index is 0.0580. The lowest BCUT2D eigenvalue weighted by molar-refractivity contribution is 0.208. The van der Waals surface area contributed by atoms with Crippen LogP contribution in [-0.2, 0) is 0 Å². The second kappa shape index (κ2) is 6.00. The van der Waals surface area contributed by atoms with Crippen LogP contribution in [0.5, 0.6) is 5.75 Å². The van der Waals surface area contributed by atoms with E-state index >= 15 is 0 Å². The molecule has 1 atom stereocenters. The maximum Gasteiger partial charge on any atom is 0.227 e. The van der Waals surface area contributed by atoms with E-state index in [1.54, 1.807) is 35.7 Å². The van der Waals surface area contributed by atoms with E-state index in [0.717, 1.165) is 18.4 Å². The van der Waals surface area contributed by atoms with E-state index in [-0.39, 0.29) is 17.0 Å². The van der Waals surface area contributed by atoms with Gasteiger partial charge in [0.15, 0.2) is 0 Å². The van der Waals surface area contributed by atoms with Gasteiger partial charge in [0.1, 0.15) is 17.3 Å². The zero-order chi connectivity index (χ0) is 17.6. The van der Waals surface area contributed by atoms with Gasteiger partial charge in [0, 0.05) is 12.7 Å². The minimum Gasteiger partial charge on any atom is -0.507 e. The van der Waals surface area contributed by atoms with Gasteiger partial charge in [-0.05, 0) is 55.5 Å². The summed E-state index contributed by atoms with van der Waals surface area (Å²) >= 11 is 0. The van der Waals surface area contributed by atoms with Crippen molar-refractivity contribution in [2.24, 2.45) is 0 Å². The molecule has 2 heterocycles. The quantitative estimate of drug-likeness (QED) is 0.664. The molecule has 25 heavy (non-hydrogen) atoms. The van der Waals surface area contributed by atoms with E-state index in [9.17, 15) is 14.6 Å². The van der Waals surface area contributed by atoms with Crippen molar-refractivity contribution in [3.63, 3.8) is 0 Å². The van der Waals surface area contributed by atoms with E-state index in [1.807, 2.05) is 0 Å². The van der Waals surface area contributed by atoms with E-state index in [0.29, 0.717) is 23.9 Å². The van der Waals surface area contributed by atoms with Crippen LogP contribution in [0.4, 0.5) is 10.3 Å². The smallest absolute Gasteiger partial charge is 0.227 e. The summed E-state index contributed by atoms with van der Waals surface area (Å²) in [5.74, 6) is 0.174. The molecule has 1 aromatic carbocycles. The third-order valence-corrected chi connectivity index (χ3v) is 4.40. The highest BCUT2D eigenvalue weighted by Gasteiger charge is 2.27. The lowest BCUT2D eigenvalue weighted by Gasteiger charge is -2.13. The molecule has 7 heteroatoms. The first kappa shape index (κ1) is 15.8. The lowest BCUT2D eigenvalue weighted by atomic mass is 10.0. The Bertz CT molecular complexity index is 911. The van der Waals surface area contributed by atoms with Gasteiger partial charge in [-0.2, -0.15) is 0 Å². The molecule has 130 valence electrons.